The van der Waals surface area contributed by atoms with E-state index in [4.69, 9.17) is 5.41 Å². The number of fused-ring (bicyclic) bond motifs is 1. The Kier molecular flexibility index (Phi) is 3.22. The molecule has 5 nitrogen and oxygen atoms in total. The van der Waals surface area contributed by atoms with Crippen molar-refractivity contribution in [1.29, 1.82) is 10.7 Å². The predicted molar refractivity (Wildman–Crippen MR) is 77.8 cm³/mol. The van der Waals surface area contributed by atoms with Gasteiger partial charge in [-0.05, 0) is 35.1 Å². The summed E-state index contributed by atoms with van der Waals surface area (Å²) in [6.45, 7) is 0. The monoisotopic (exact) mass is 272 g/mol. The Balaban J connectivity index is 2.38. The Morgan fingerprint density at radius 2 is 1.67 bits per heavy atom. The zero-order valence-electron chi connectivity index (χ0n) is 11.0. The first-order valence-electron chi connectivity index (χ1n) is 6.27. The standard InChI is InChI=1S/C16H10N5/c17-10-12(11-18)15-16(21-8-4-1-5-9-21)20-14-7-3-2-6-13(14)19-15/h1-9,17H/q+1. The van der Waals surface area contributed by atoms with E-state index in [-0.39, 0.29) is 5.57 Å². The maximum atomic E-state index is 9.18. The highest BCUT2D eigenvalue weighted by molar-refractivity contribution is 5.97. The summed E-state index contributed by atoms with van der Waals surface area (Å²) < 4.78 is 1.77. The molecule has 0 fully saturated rings. The topological polar surface area (TPSA) is 77.3 Å². The minimum atomic E-state index is 0.0552. The van der Waals surface area contributed by atoms with Crippen LogP contribution in [-0.2, 0) is 0 Å². The van der Waals surface area contributed by atoms with Crippen LogP contribution in [0.1, 0.15) is 5.69 Å². The van der Waals surface area contributed by atoms with E-state index in [1.165, 1.54) is 0 Å². The first-order chi connectivity index (χ1) is 10.3. The summed E-state index contributed by atoms with van der Waals surface area (Å²) in [5, 5.41) is 16.5. The van der Waals surface area contributed by atoms with Gasteiger partial charge >= 0.3 is 5.82 Å². The molecule has 1 N–H and O–H groups in total. The minimum Gasteiger partial charge on any atom is -0.257 e. The van der Waals surface area contributed by atoms with Gasteiger partial charge in [-0.2, -0.15) is 5.26 Å². The molecule has 0 unspecified atom stereocenters. The summed E-state index contributed by atoms with van der Waals surface area (Å²) in [7, 11) is 0. The van der Waals surface area contributed by atoms with Gasteiger partial charge in [0.05, 0.1) is 12.4 Å². The fourth-order valence-electron chi connectivity index (χ4n) is 2.02. The lowest BCUT2D eigenvalue weighted by Gasteiger charge is -2.02. The Labute approximate surface area is 121 Å². The zero-order chi connectivity index (χ0) is 14.7. The second kappa shape index (κ2) is 5.33. The van der Waals surface area contributed by atoms with E-state index >= 15 is 0 Å². The van der Waals surface area contributed by atoms with Crippen molar-refractivity contribution < 1.29 is 4.57 Å². The van der Waals surface area contributed by atoms with Crippen LogP contribution < -0.4 is 4.57 Å². The van der Waals surface area contributed by atoms with Crippen molar-refractivity contribution in [2.24, 2.45) is 0 Å². The molecule has 98 valence electrons. The second-order valence-electron chi connectivity index (χ2n) is 4.28. The number of nitriles is 1. The molecule has 0 atom stereocenters. The van der Waals surface area contributed by atoms with Crippen molar-refractivity contribution in [3.05, 3.63) is 60.6 Å². The smallest absolute Gasteiger partial charge is 0.257 e. The molecule has 5 heteroatoms. The quantitative estimate of drug-likeness (QED) is 0.440. The summed E-state index contributed by atoms with van der Waals surface area (Å²) in [5.74, 6) is 2.64. The van der Waals surface area contributed by atoms with Gasteiger partial charge < -0.3 is 0 Å². The maximum Gasteiger partial charge on any atom is 0.356 e. The van der Waals surface area contributed by atoms with Crippen molar-refractivity contribution in [1.82, 2.24) is 9.97 Å². The Morgan fingerprint density at radius 3 is 2.29 bits per heavy atom. The van der Waals surface area contributed by atoms with Crippen molar-refractivity contribution in [2.45, 2.75) is 0 Å². The van der Waals surface area contributed by atoms with Crippen LogP contribution in [0.5, 0.6) is 0 Å². The number of para-hydroxylation sites is 2. The first kappa shape index (κ1) is 12.7. The molecule has 3 rings (SSSR count). The number of rotatable bonds is 2. The number of nitrogens with one attached hydrogen (secondary N) is 1. The normalized spacial score (nSPS) is 9.86. The summed E-state index contributed by atoms with van der Waals surface area (Å²) in [6, 6.07) is 15.0. The van der Waals surface area contributed by atoms with Gasteiger partial charge in [-0.15, -0.1) is 0 Å². The molecule has 0 aliphatic carbocycles. The molecular formula is C16H10N5+. The summed E-state index contributed by atoms with van der Waals surface area (Å²) in [5.41, 5.74) is 1.81. The minimum absolute atomic E-state index is 0.0552. The first-order valence-corrected chi connectivity index (χ1v) is 6.27. The molecule has 1 aromatic carbocycles. The van der Waals surface area contributed by atoms with Gasteiger partial charge in [-0.25, -0.2) is 9.55 Å². The summed E-state index contributed by atoms with van der Waals surface area (Å²) >= 11 is 0. The maximum absolute atomic E-state index is 9.18. The van der Waals surface area contributed by atoms with Crippen LogP contribution in [0.25, 0.3) is 22.4 Å². The highest BCUT2D eigenvalue weighted by Crippen LogP contribution is 2.17. The summed E-state index contributed by atoms with van der Waals surface area (Å²) in [4.78, 5) is 9.04. The number of nitrogens with zero attached hydrogens (tertiary/aromatic N) is 4. The number of benzene rings is 1. The third kappa shape index (κ3) is 2.27. The second-order valence-corrected chi connectivity index (χ2v) is 4.28. The molecule has 0 amide bonds. The van der Waals surface area contributed by atoms with Crippen molar-refractivity contribution in [2.75, 3.05) is 0 Å². The summed E-state index contributed by atoms with van der Waals surface area (Å²) in [6.07, 6.45) is 3.64. The number of aromatic nitrogens is 3. The van der Waals surface area contributed by atoms with Crippen LogP contribution in [0.3, 0.4) is 0 Å². The third-order valence-electron chi connectivity index (χ3n) is 2.99. The molecule has 0 aliphatic heterocycles. The van der Waals surface area contributed by atoms with E-state index in [9.17, 15) is 5.26 Å². The number of hydrogen-bond acceptors (Lipinski definition) is 4. The highest BCUT2D eigenvalue weighted by Gasteiger charge is 2.22. The largest absolute Gasteiger partial charge is 0.356 e. The van der Waals surface area contributed by atoms with E-state index in [0.29, 0.717) is 17.0 Å². The number of pyridine rings is 1. The molecule has 3 aromatic rings. The van der Waals surface area contributed by atoms with Crippen LogP contribution in [0.2, 0.25) is 0 Å². The lowest BCUT2D eigenvalue weighted by Crippen LogP contribution is -2.32. The lowest BCUT2D eigenvalue weighted by atomic mass is 10.2. The van der Waals surface area contributed by atoms with E-state index in [2.05, 4.69) is 15.8 Å². The molecule has 0 bridgehead atoms. The molecule has 0 spiro atoms. The molecular weight excluding hydrogens is 262 g/mol. The fourth-order valence-corrected chi connectivity index (χ4v) is 2.02. The fraction of sp³-hybridized carbons (Fsp3) is 0. The molecule has 0 radical (unpaired) electrons. The highest BCUT2D eigenvalue weighted by atomic mass is 15.1. The van der Waals surface area contributed by atoms with Gasteiger partial charge in [0.25, 0.3) is 0 Å². The zero-order valence-corrected chi connectivity index (χ0v) is 11.0. The lowest BCUT2D eigenvalue weighted by molar-refractivity contribution is -0.599. The average molecular weight is 272 g/mol. The SMILES string of the molecule is N#CC(=C=N)c1nc2ccccc2nc1-[n+]1ccccc1. The van der Waals surface area contributed by atoms with E-state index in [1.54, 1.807) is 4.57 Å². The van der Waals surface area contributed by atoms with Gasteiger partial charge in [0.15, 0.2) is 5.69 Å². The van der Waals surface area contributed by atoms with E-state index in [0.717, 1.165) is 5.52 Å². The van der Waals surface area contributed by atoms with E-state index in [1.807, 2.05) is 60.9 Å². The number of hydrogen-bond donors (Lipinski definition) is 1. The van der Waals surface area contributed by atoms with Crippen LogP contribution in [0, 0.1) is 16.7 Å². The van der Waals surface area contributed by atoms with Gasteiger partial charge in [0.2, 0.25) is 5.52 Å². The Hall–Kier alpha value is -3.35. The van der Waals surface area contributed by atoms with Gasteiger partial charge in [-0.1, -0.05) is 18.2 Å². The molecule has 21 heavy (non-hydrogen) atoms. The van der Waals surface area contributed by atoms with Crippen molar-refractivity contribution in [3.63, 3.8) is 0 Å². The molecule has 0 saturated heterocycles. The third-order valence-corrected chi connectivity index (χ3v) is 2.99. The van der Waals surface area contributed by atoms with E-state index < -0.39 is 0 Å². The van der Waals surface area contributed by atoms with Gasteiger partial charge in [-0.3, -0.25) is 5.41 Å². The Bertz CT molecular complexity index is 903. The Morgan fingerprint density at radius 1 is 1.00 bits per heavy atom. The van der Waals surface area contributed by atoms with Gasteiger partial charge in [0, 0.05) is 0 Å². The van der Waals surface area contributed by atoms with Gasteiger partial charge in [0.1, 0.15) is 17.2 Å². The number of allylic oxidation sites excluding steroid dienone is 1. The van der Waals surface area contributed by atoms with Crippen LogP contribution in [0.15, 0.2) is 54.9 Å². The van der Waals surface area contributed by atoms with Crippen molar-refractivity contribution in [3.8, 4) is 11.9 Å². The van der Waals surface area contributed by atoms with Crippen LogP contribution in [-0.4, -0.2) is 15.8 Å². The molecule has 2 aromatic heterocycles. The predicted octanol–water partition coefficient (Wildman–Crippen LogP) is 2.06. The molecule has 0 saturated carbocycles. The van der Waals surface area contributed by atoms with Crippen molar-refractivity contribution >= 4 is 22.5 Å². The van der Waals surface area contributed by atoms with Crippen LogP contribution in [0.4, 0.5) is 0 Å². The molecule has 2 heterocycles. The van der Waals surface area contributed by atoms with Crippen LogP contribution >= 0.6 is 0 Å². The average Bonchev–Trinajstić information content (AvgIpc) is 2.56. The molecule has 0 aliphatic rings.